The minimum atomic E-state index is -0.230. The Morgan fingerprint density at radius 3 is 2.41 bits per heavy atom. The van der Waals surface area contributed by atoms with Gasteiger partial charge >= 0.3 is 0 Å². The Morgan fingerprint density at radius 1 is 0.909 bits per heavy atom. The first-order valence-corrected chi connectivity index (χ1v) is 7.60. The molecule has 0 saturated heterocycles. The maximum absolute atomic E-state index is 13.2. The Bertz CT molecular complexity index is 791. The number of halogens is 1. The first kappa shape index (κ1) is 13.2. The molecule has 0 bridgehead atoms. The molecule has 4 heteroatoms. The van der Waals surface area contributed by atoms with Gasteiger partial charge in [-0.25, -0.2) is 9.07 Å². The van der Waals surface area contributed by atoms with E-state index in [0.29, 0.717) is 0 Å². The standard InChI is InChI=1S/C18H16FN3/c19-14-5-7-15(8-6-14)22-18(13-9-11-20-12-10-13)16-3-1-2-4-17(16)21-22/h5-12H,1-4H2. The average molecular weight is 293 g/mol. The lowest BCUT2D eigenvalue weighted by atomic mass is 9.94. The zero-order valence-electron chi connectivity index (χ0n) is 12.2. The Kier molecular flexibility index (Phi) is 3.22. The summed E-state index contributed by atoms with van der Waals surface area (Å²) in [5.74, 6) is -0.230. The summed E-state index contributed by atoms with van der Waals surface area (Å²) in [5.41, 5.74) is 5.60. The highest BCUT2D eigenvalue weighted by Crippen LogP contribution is 2.33. The van der Waals surface area contributed by atoms with Crippen molar-refractivity contribution in [3.05, 3.63) is 65.9 Å². The van der Waals surface area contributed by atoms with Crippen LogP contribution in [0.15, 0.2) is 48.8 Å². The molecule has 0 radical (unpaired) electrons. The van der Waals surface area contributed by atoms with Gasteiger partial charge in [-0.2, -0.15) is 5.10 Å². The van der Waals surface area contributed by atoms with E-state index < -0.39 is 0 Å². The van der Waals surface area contributed by atoms with Gasteiger partial charge in [0, 0.05) is 23.5 Å². The molecule has 0 spiro atoms. The molecule has 4 rings (SSSR count). The van der Waals surface area contributed by atoms with Crippen LogP contribution in [-0.2, 0) is 12.8 Å². The first-order valence-electron chi connectivity index (χ1n) is 7.60. The van der Waals surface area contributed by atoms with Crippen molar-refractivity contribution in [2.75, 3.05) is 0 Å². The Labute approximate surface area is 128 Å². The Hall–Kier alpha value is -2.49. The fourth-order valence-electron chi connectivity index (χ4n) is 3.13. The second kappa shape index (κ2) is 5.37. The topological polar surface area (TPSA) is 30.7 Å². The number of hydrogen-bond acceptors (Lipinski definition) is 2. The molecular formula is C18H16FN3. The summed E-state index contributed by atoms with van der Waals surface area (Å²) in [5, 5.41) is 4.80. The van der Waals surface area contributed by atoms with Crippen LogP contribution in [0, 0.1) is 5.82 Å². The molecule has 1 aromatic carbocycles. The highest BCUT2D eigenvalue weighted by Gasteiger charge is 2.22. The summed E-state index contributed by atoms with van der Waals surface area (Å²) >= 11 is 0. The Balaban J connectivity index is 1.94. The molecule has 0 atom stereocenters. The first-order chi connectivity index (χ1) is 10.8. The lowest BCUT2D eigenvalue weighted by Gasteiger charge is -2.12. The van der Waals surface area contributed by atoms with E-state index in [1.165, 1.54) is 36.2 Å². The van der Waals surface area contributed by atoms with Gasteiger partial charge in [-0.15, -0.1) is 0 Å². The SMILES string of the molecule is Fc1ccc(-n2nc3c(c2-c2ccncc2)CCCC3)cc1. The van der Waals surface area contributed by atoms with Gasteiger partial charge in [0.1, 0.15) is 5.82 Å². The number of hydrogen-bond donors (Lipinski definition) is 0. The van der Waals surface area contributed by atoms with Gasteiger partial charge in [0.25, 0.3) is 0 Å². The molecule has 110 valence electrons. The second-order valence-corrected chi connectivity index (χ2v) is 5.61. The Morgan fingerprint density at radius 2 is 1.64 bits per heavy atom. The molecular weight excluding hydrogens is 277 g/mol. The monoisotopic (exact) mass is 293 g/mol. The van der Waals surface area contributed by atoms with Crippen LogP contribution in [0.25, 0.3) is 16.9 Å². The lowest BCUT2D eigenvalue weighted by Crippen LogP contribution is -2.01. The third kappa shape index (κ3) is 2.21. The van der Waals surface area contributed by atoms with Gasteiger partial charge in [0.2, 0.25) is 0 Å². The molecule has 2 aromatic heterocycles. The van der Waals surface area contributed by atoms with Crippen molar-refractivity contribution in [1.29, 1.82) is 0 Å². The largest absolute Gasteiger partial charge is 0.265 e. The molecule has 0 saturated carbocycles. The third-order valence-electron chi connectivity index (χ3n) is 4.18. The number of aryl methyl sites for hydroxylation is 1. The van der Waals surface area contributed by atoms with Crippen LogP contribution < -0.4 is 0 Å². The summed E-state index contributed by atoms with van der Waals surface area (Å²) in [6.45, 7) is 0. The number of aromatic nitrogens is 3. The van der Waals surface area contributed by atoms with Gasteiger partial charge in [-0.05, 0) is 62.1 Å². The quantitative estimate of drug-likeness (QED) is 0.716. The van der Waals surface area contributed by atoms with Crippen LogP contribution in [0.1, 0.15) is 24.1 Å². The predicted octanol–water partition coefficient (Wildman–Crippen LogP) is 3.95. The van der Waals surface area contributed by atoms with Crippen LogP contribution in [0.2, 0.25) is 0 Å². The van der Waals surface area contributed by atoms with E-state index in [4.69, 9.17) is 5.10 Å². The van der Waals surface area contributed by atoms with Crippen molar-refractivity contribution in [3.8, 4) is 16.9 Å². The number of rotatable bonds is 2. The molecule has 1 aliphatic rings. The molecule has 0 fully saturated rings. The van der Waals surface area contributed by atoms with Crippen LogP contribution in [0.3, 0.4) is 0 Å². The van der Waals surface area contributed by atoms with E-state index in [1.54, 1.807) is 24.5 Å². The van der Waals surface area contributed by atoms with Crippen LogP contribution in [0.4, 0.5) is 4.39 Å². The molecule has 0 amide bonds. The molecule has 3 nitrogen and oxygen atoms in total. The highest BCUT2D eigenvalue weighted by atomic mass is 19.1. The average Bonchev–Trinajstić information content (AvgIpc) is 2.96. The molecule has 2 heterocycles. The normalized spacial score (nSPS) is 13.9. The van der Waals surface area contributed by atoms with E-state index >= 15 is 0 Å². The second-order valence-electron chi connectivity index (χ2n) is 5.61. The van der Waals surface area contributed by atoms with Crippen molar-refractivity contribution in [2.24, 2.45) is 0 Å². The van der Waals surface area contributed by atoms with Gasteiger partial charge in [0.05, 0.1) is 17.1 Å². The third-order valence-corrected chi connectivity index (χ3v) is 4.18. The highest BCUT2D eigenvalue weighted by molar-refractivity contribution is 5.67. The van der Waals surface area contributed by atoms with Gasteiger partial charge in [-0.1, -0.05) is 0 Å². The fourth-order valence-corrected chi connectivity index (χ4v) is 3.13. The fraction of sp³-hybridized carbons (Fsp3) is 0.222. The van der Waals surface area contributed by atoms with Crippen molar-refractivity contribution in [1.82, 2.24) is 14.8 Å². The number of pyridine rings is 1. The molecule has 1 aliphatic carbocycles. The molecule has 0 unspecified atom stereocenters. The molecule has 3 aromatic rings. The number of nitrogens with zero attached hydrogens (tertiary/aromatic N) is 3. The van der Waals surface area contributed by atoms with Crippen LogP contribution in [-0.4, -0.2) is 14.8 Å². The van der Waals surface area contributed by atoms with E-state index in [-0.39, 0.29) is 5.82 Å². The molecule has 0 N–H and O–H groups in total. The van der Waals surface area contributed by atoms with Crippen molar-refractivity contribution in [3.63, 3.8) is 0 Å². The number of fused-ring (bicyclic) bond motifs is 1. The summed E-state index contributed by atoms with van der Waals surface area (Å²) in [7, 11) is 0. The molecule has 22 heavy (non-hydrogen) atoms. The number of benzene rings is 1. The van der Waals surface area contributed by atoms with Gasteiger partial charge in [-0.3, -0.25) is 4.98 Å². The summed E-state index contributed by atoms with van der Waals surface area (Å²) in [6, 6.07) is 10.5. The lowest BCUT2D eigenvalue weighted by molar-refractivity contribution is 0.627. The zero-order chi connectivity index (χ0) is 14.9. The van der Waals surface area contributed by atoms with E-state index in [2.05, 4.69) is 4.98 Å². The van der Waals surface area contributed by atoms with E-state index in [9.17, 15) is 4.39 Å². The van der Waals surface area contributed by atoms with Crippen molar-refractivity contribution in [2.45, 2.75) is 25.7 Å². The zero-order valence-corrected chi connectivity index (χ0v) is 12.2. The smallest absolute Gasteiger partial charge is 0.123 e. The van der Waals surface area contributed by atoms with Crippen molar-refractivity contribution < 1.29 is 4.39 Å². The maximum Gasteiger partial charge on any atom is 0.123 e. The van der Waals surface area contributed by atoms with Gasteiger partial charge in [0.15, 0.2) is 0 Å². The minimum absolute atomic E-state index is 0.230. The van der Waals surface area contributed by atoms with Crippen LogP contribution in [0.5, 0.6) is 0 Å². The summed E-state index contributed by atoms with van der Waals surface area (Å²) in [6.07, 6.45) is 8.04. The van der Waals surface area contributed by atoms with Gasteiger partial charge < -0.3 is 0 Å². The minimum Gasteiger partial charge on any atom is -0.265 e. The summed E-state index contributed by atoms with van der Waals surface area (Å²) in [4.78, 5) is 4.10. The summed E-state index contributed by atoms with van der Waals surface area (Å²) < 4.78 is 15.2. The molecule has 0 aliphatic heterocycles. The maximum atomic E-state index is 13.2. The van der Waals surface area contributed by atoms with Crippen molar-refractivity contribution >= 4 is 0 Å². The predicted molar refractivity (Wildman–Crippen MR) is 83.4 cm³/mol. The van der Waals surface area contributed by atoms with Crippen LogP contribution >= 0.6 is 0 Å². The van der Waals surface area contributed by atoms with E-state index in [1.807, 2.05) is 16.8 Å². The van der Waals surface area contributed by atoms with E-state index in [0.717, 1.165) is 29.8 Å².